The van der Waals surface area contributed by atoms with Crippen molar-refractivity contribution in [3.05, 3.63) is 35.9 Å². The van der Waals surface area contributed by atoms with Crippen molar-refractivity contribution < 1.29 is 4.74 Å². The van der Waals surface area contributed by atoms with Crippen LogP contribution in [0, 0.1) is 0 Å². The van der Waals surface area contributed by atoms with Crippen molar-refractivity contribution in [1.82, 2.24) is 10.6 Å². The molecular formula is C17H30IN3O. The van der Waals surface area contributed by atoms with E-state index in [9.17, 15) is 0 Å². The number of ether oxygens (including phenoxy) is 1. The van der Waals surface area contributed by atoms with E-state index in [2.05, 4.69) is 52.9 Å². The van der Waals surface area contributed by atoms with Gasteiger partial charge in [0, 0.05) is 33.2 Å². The first kappa shape index (κ1) is 21.2. The lowest BCUT2D eigenvalue weighted by atomic mass is 9.97. The summed E-state index contributed by atoms with van der Waals surface area (Å²) in [6.07, 6.45) is 1.09. The number of halogens is 1. The number of nitrogens with zero attached hydrogens (tertiary/aromatic N) is 1. The molecule has 0 amide bonds. The Morgan fingerprint density at radius 3 is 2.36 bits per heavy atom. The maximum Gasteiger partial charge on any atom is 0.191 e. The zero-order valence-corrected chi connectivity index (χ0v) is 16.7. The minimum atomic E-state index is -0.207. The van der Waals surface area contributed by atoms with Crippen LogP contribution in [-0.2, 0) is 4.74 Å². The van der Waals surface area contributed by atoms with Crippen LogP contribution in [0.15, 0.2) is 35.3 Å². The first-order valence-electron chi connectivity index (χ1n) is 7.57. The molecule has 0 spiro atoms. The van der Waals surface area contributed by atoms with Crippen molar-refractivity contribution in [2.45, 2.75) is 38.7 Å². The van der Waals surface area contributed by atoms with Crippen LogP contribution < -0.4 is 10.6 Å². The summed E-state index contributed by atoms with van der Waals surface area (Å²) in [4.78, 5) is 4.26. The minimum absolute atomic E-state index is 0. The first-order chi connectivity index (χ1) is 10.0. The quantitative estimate of drug-likeness (QED) is 0.405. The van der Waals surface area contributed by atoms with Gasteiger partial charge in [-0.3, -0.25) is 4.99 Å². The van der Waals surface area contributed by atoms with Gasteiger partial charge in [0.1, 0.15) is 0 Å². The van der Waals surface area contributed by atoms with Crippen LogP contribution in [0.2, 0.25) is 0 Å². The molecule has 126 valence electrons. The van der Waals surface area contributed by atoms with Gasteiger partial charge in [-0.05, 0) is 25.8 Å². The molecule has 0 radical (unpaired) electrons. The number of hydrogen-bond acceptors (Lipinski definition) is 2. The Kier molecular flexibility index (Phi) is 10.4. The van der Waals surface area contributed by atoms with E-state index < -0.39 is 0 Å². The average molecular weight is 419 g/mol. The molecule has 1 rings (SSSR count). The molecule has 0 aliphatic rings. The number of benzene rings is 1. The van der Waals surface area contributed by atoms with Crippen LogP contribution in [0.3, 0.4) is 0 Å². The van der Waals surface area contributed by atoms with Gasteiger partial charge < -0.3 is 15.4 Å². The highest BCUT2D eigenvalue weighted by Gasteiger charge is 2.17. The van der Waals surface area contributed by atoms with Gasteiger partial charge in [0.15, 0.2) is 5.96 Å². The summed E-state index contributed by atoms with van der Waals surface area (Å²) in [7, 11) is 3.51. The lowest BCUT2D eigenvalue weighted by Crippen LogP contribution is -2.46. The van der Waals surface area contributed by atoms with E-state index in [1.807, 2.05) is 13.8 Å². The normalized spacial score (nSPS) is 13.2. The van der Waals surface area contributed by atoms with Crippen LogP contribution in [-0.4, -0.2) is 38.8 Å². The Labute approximate surface area is 152 Å². The van der Waals surface area contributed by atoms with Crippen molar-refractivity contribution in [1.29, 1.82) is 0 Å². The average Bonchev–Trinajstić information content (AvgIpc) is 2.52. The van der Waals surface area contributed by atoms with Crippen LogP contribution in [0.4, 0.5) is 0 Å². The Hall–Kier alpha value is -0.820. The second-order valence-corrected chi connectivity index (χ2v) is 5.79. The number of methoxy groups -OCH3 is 1. The Morgan fingerprint density at radius 1 is 1.23 bits per heavy atom. The molecule has 0 aliphatic carbocycles. The fourth-order valence-corrected chi connectivity index (χ4v) is 2.03. The SMILES string of the molecule is CCC(CNC(=NC)NCC(C)(C)OC)c1ccccc1.I. The molecular weight excluding hydrogens is 389 g/mol. The highest BCUT2D eigenvalue weighted by Crippen LogP contribution is 2.17. The van der Waals surface area contributed by atoms with E-state index in [0.717, 1.165) is 18.9 Å². The molecule has 1 atom stereocenters. The third-order valence-corrected chi connectivity index (χ3v) is 3.74. The number of rotatable bonds is 7. The molecule has 0 saturated heterocycles. The van der Waals surface area contributed by atoms with Crippen LogP contribution >= 0.6 is 24.0 Å². The molecule has 0 aliphatic heterocycles. The van der Waals surface area contributed by atoms with Gasteiger partial charge in [-0.15, -0.1) is 24.0 Å². The van der Waals surface area contributed by atoms with Crippen LogP contribution in [0.25, 0.3) is 0 Å². The Balaban J connectivity index is 0.00000441. The maximum absolute atomic E-state index is 5.40. The Morgan fingerprint density at radius 2 is 1.86 bits per heavy atom. The highest BCUT2D eigenvalue weighted by atomic mass is 127. The first-order valence-corrected chi connectivity index (χ1v) is 7.57. The number of hydrogen-bond donors (Lipinski definition) is 2. The topological polar surface area (TPSA) is 45.7 Å². The number of nitrogens with one attached hydrogen (secondary N) is 2. The van der Waals surface area contributed by atoms with Gasteiger partial charge in [0.25, 0.3) is 0 Å². The molecule has 4 nitrogen and oxygen atoms in total. The molecule has 2 N–H and O–H groups in total. The predicted molar refractivity (Wildman–Crippen MR) is 105 cm³/mol. The molecule has 0 fully saturated rings. The second kappa shape index (κ2) is 10.8. The van der Waals surface area contributed by atoms with Crippen molar-refractivity contribution in [3.8, 4) is 0 Å². The molecule has 0 bridgehead atoms. The van der Waals surface area contributed by atoms with Crippen molar-refractivity contribution in [2.24, 2.45) is 4.99 Å². The summed E-state index contributed by atoms with van der Waals surface area (Å²) in [6.45, 7) is 7.89. The van der Waals surface area contributed by atoms with E-state index in [0.29, 0.717) is 12.5 Å². The maximum atomic E-state index is 5.40. The highest BCUT2D eigenvalue weighted by molar-refractivity contribution is 14.0. The third kappa shape index (κ3) is 7.45. The van der Waals surface area contributed by atoms with E-state index in [-0.39, 0.29) is 29.6 Å². The zero-order chi connectivity index (χ0) is 15.7. The molecule has 1 aromatic carbocycles. The second-order valence-electron chi connectivity index (χ2n) is 5.79. The minimum Gasteiger partial charge on any atom is -0.377 e. The zero-order valence-electron chi connectivity index (χ0n) is 14.3. The molecule has 1 aromatic rings. The standard InChI is InChI=1S/C17H29N3O.HI/c1-6-14(15-10-8-7-9-11-15)12-19-16(18-4)20-13-17(2,3)21-5;/h7-11,14H,6,12-13H2,1-5H3,(H2,18,19,20);1H. The largest absolute Gasteiger partial charge is 0.377 e. The van der Waals surface area contributed by atoms with Gasteiger partial charge in [-0.2, -0.15) is 0 Å². The van der Waals surface area contributed by atoms with Gasteiger partial charge >= 0.3 is 0 Å². The van der Waals surface area contributed by atoms with Crippen molar-refractivity contribution in [2.75, 3.05) is 27.2 Å². The fraction of sp³-hybridized carbons (Fsp3) is 0.588. The third-order valence-electron chi connectivity index (χ3n) is 3.74. The number of guanidine groups is 1. The molecule has 5 heteroatoms. The number of aliphatic imine (C=N–C) groups is 1. The monoisotopic (exact) mass is 419 g/mol. The summed E-state index contributed by atoms with van der Waals surface area (Å²) in [5.74, 6) is 1.30. The van der Waals surface area contributed by atoms with Crippen LogP contribution in [0.5, 0.6) is 0 Å². The van der Waals surface area contributed by atoms with Gasteiger partial charge in [0.05, 0.1) is 5.60 Å². The Bertz CT molecular complexity index is 435. The fourth-order valence-electron chi connectivity index (χ4n) is 2.03. The van der Waals surface area contributed by atoms with Gasteiger partial charge in [-0.25, -0.2) is 0 Å². The summed E-state index contributed by atoms with van der Waals surface area (Å²) in [6, 6.07) is 10.6. The van der Waals surface area contributed by atoms with Crippen LogP contribution in [0.1, 0.15) is 38.7 Å². The molecule has 1 unspecified atom stereocenters. The van der Waals surface area contributed by atoms with Gasteiger partial charge in [0.2, 0.25) is 0 Å². The van der Waals surface area contributed by atoms with Gasteiger partial charge in [-0.1, -0.05) is 37.3 Å². The van der Waals surface area contributed by atoms with E-state index in [1.165, 1.54) is 5.56 Å². The predicted octanol–water partition coefficient (Wildman–Crippen LogP) is 3.39. The summed E-state index contributed by atoms with van der Waals surface area (Å²) in [5, 5.41) is 6.70. The van der Waals surface area contributed by atoms with E-state index in [1.54, 1.807) is 14.2 Å². The summed E-state index contributed by atoms with van der Waals surface area (Å²) >= 11 is 0. The summed E-state index contributed by atoms with van der Waals surface area (Å²) in [5.41, 5.74) is 1.15. The van der Waals surface area contributed by atoms with E-state index >= 15 is 0 Å². The lowest BCUT2D eigenvalue weighted by molar-refractivity contribution is 0.0268. The van der Waals surface area contributed by atoms with E-state index in [4.69, 9.17) is 4.74 Å². The summed E-state index contributed by atoms with van der Waals surface area (Å²) < 4.78 is 5.40. The van der Waals surface area contributed by atoms with Crippen molar-refractivity contribution >= 4 is 29.9 Å². The molecule has 22 heavy (non-hydrogen) atoms. The van der Waals surface area contributed by atoms with Crippen molar-refractivity contribution in [3.63, 3.8) is 0 Å². The molecule has 0 aromatic heterocycles. The smallest absolute Gasteiger partial charge is 0.191 e. The molecule has 0 heterocycles. The lowest BCUT2D eigenvalue weighted by Gasteiger charge is -2.25. The molecule has 0 saturated carbocycles.